The Morgan fingerprint density at radius 2 is 1.61 bits per heavy atom. The molecule has 2 aromatic heterocycles. The van der Waals surface area contributed by atoms with Crippen molar-refractivity contribution >= 4 is 23.4 Å². The Bertz CT molecular complexity index is 960. The van der Waals surface area contributed by atoms with Crippen molar-refractivity contribution in [1.29, 1.82) is 0 Å². The van der Waals surface area contributed by atoms with E-state index in [1.165, 1.54) is 12.1 Å². The summed E-state index contributed by atoms with van der Waals surface area (Å²) in [5.41, 5.74) is 0.587. The fraction of sp³-hybridized carbons (Fsp3) is 0.200. The van der Waals surface area contributed by atoms with Crippen molar-refractivity contribution in [3.05, 3.63) is 72.4 Å². The molecule has 0 atom stereocenters. The number of carbonyl (C=O) groups is 1. The molecule has 3 aromatic rings. The number of piperazine rings is 1. The summed E-state index contributed by atoms with van der Waals surface area (Å²) in [6.07, 6.45) is 5.06. The smallest absolute Gasteiger partial charge is 0.255 e. The summed E-state index contributed by atoms with van der Waals surface area (Å²) in [4.78, 5) is 29.7. The molecule has 0 aliphatic carbocycles. The van der Waals surface area contributed by atoms with Gasteiger partial charge in [0.05, 0.1) is 5.69 Å². The van der Waals surface area contributed by atoms with Crippen LogP contribution in [0.25, 0.3) is 0 Å². The van der Waals surface area contributed by atoms with Gasteiger partial charge in [-0.1, -0.05) is 12.1 Å². The maximum Gasteiger partial charge on any atom is 0.255 e. The number of halogens is 1. The zero-order chi connectivity index (χ0) is 19.3. The number of nitrogens with zero attached hydrogens (tertiary/aromatic N) is 5. The number of para-hydroxylation sites is 1. The highest BCUT2D eigenvalue weighted by molar-refractivity contribution is 6.04. The zero-order valence-corrected chi connectivity index (χ0v) is 15.1. The molecule has 0 bridgehead atoms. The fourth-order valence-corrected chi connectivity index (χ4v) is 3.08. The number of hydrogen-bond acceptors (Lipinski definition) is 6. The molecule has 28 heavy (non-hydrogen) atoms. The number of benzene rings is 1. The first-order valence-corrected chi connectivity index (χ1v) is 8.99. The van der Waals surface area contributed by atoms with E-state index in [2.05, 4.69) is 30.1 Å². The molecule has 4 rings (SSSR count). The molecule has 1 N–H and O–H groups in total. The molecule has 1 aromatic carbocycles. The van der Waals surface area contributed by atoms with E-state index in [9.17, 15) is 9.18 Å². The van der Waals surface area contributed by atoms with Crippen molar-refractivity contribution in [3.8, 4) is 0 Å². The molecule has 7 nitrogen and oxygen atoms in total. The SMILES string of the molecule is O=C(Nc1ccccc1F)c1ccnc(N2CCN(c3ncccn3)CC2)c1. The third-order valence-electron chi connectivity index (χ3n) is 4.57. The van der Waals surface area contributed by atoms with Crippen LogP contribution in [0.1, 0.15) is 10.4 Å². The van der Waals surface area contributed by atoms with Gasteiger partial charge < -0.3 is 15.1 Å². The number of nitrogens with one attached hydrogen (secondary N) is 1. The highest BCUT2D eigenvalue weighted by atomic mass is 19.1. The normalized spacial score (nSPS) is 14.0. The number of rotatable bonds is 4. The fourth-order valence-electron chi connectivity index (χ4n) is 3.08. The molecule has 1 aliphatic rings. The van der Waals surface area contributed by atoms with Crippen molar-refractivity contribution in [3.63, 3.8) is 0 Å². The van der Waals surface area contributed by atoms with Crippen molar-refractivity contribution < 1.29 is 9.18 Å². The summed E-state index contributed by atoms with van der Waals surface area (Å²) < 4.78 is 13.8. The minimum Gasteiger partial charge on any atom is -0.353 e. The third-order valence-corrected chi connectivity index (χ3v) is 4.57. The molecule has 1 aliphatic heterocycles. The molecule has 0 radical (unpaired) electrons. The first-order chi connectivity index (χ1) is 13.7. The van der Waals surface area contributed by atoms with Crippen LogP contribution in [0.5, 0.6) is 0 Å². The molecule has 8 heteroatoms. The molecule has 0 spiro atoms. The Balaban J connectivity index is 1.43. The maximum absolute atomic E-state index is 13.8. The number of aromatic nitrogens is 3. The highest BCUT2D eigenvalue weighted by Crippen LogP contribution is 2.19. The lowest BCUT2D eigenvalue weighted by Crippen LogP contribution is -2.47. The van der Waals surface area contributed by atoms with Gasteiger partial charge in [-0.15, -0.1) is 0 Å². The number of hydrogen-bond donors (Lipinski definition) is 1. The minimum absolute atomic E-state index is 0.155. The second kappa shape index (κ2) is 7.99. The van der Waals surface area contributed by atoms with E-state index >= 15 is 0 Å². The van der Waals surface area contributed by atoms with Gasteiger partial charge in [-0.2, -0.15) is 0 Å². The van der Waals surface area contributed by atoms with Crippen LogP contribution in [0.3, 0.4) is 0 Å². The predicted octanol–water partition coefficient (Wildman–Crippen LogP) is 2.59. The minimum atomic E-state index is -0.468. The summed E-state index contributed by atoms with van der Waals surface area (Å²) in [5, 5.41) is 2.60. The van der Waals surface area contributed by atoms with Crippen LogP contribution in [0, 0.1) is 5.82 Å². The van der Waals surface area contributed by atoms with E-state index in [1.54, 1.807) is 48.9 Å². The standard InChI is InChI=1S/C20H19FN6O/c21-16-4-1-2-5-17(16)25-19(28)15-6-9-22-18(14-15)26-10-12-27(13-11-26)20-23-7-3-8-24-20/h1-9,14H,10-13H2,(H,25,28). The van der Waals surface area contributed by atoms with Crippen LogP contribution in [0.4, 0.5) is 21.8 Å². The van der Waals surface area contributed by atoms with Gasteiger partial charge in [-0.3, -0.25) is 4.79 Å². The van der Waals surface area contributed by atoms with Crippen LogP contribution in [-0.4, -0.2) is 47.0 Å². The summed E-state index contributed by atoms with van der Waals surface area (Å²) in [7, 11) is 0. The number of carbonyl (C=O) groups excluding carboxylic acids is 1. The van der Waals surface area contributed by atoms with Crippen molar-refractivity contribution in [1.82, 2.24) is 15.0 Å². The molecular formula is C20H19FN6O. The van der Waals surface area contributed by atoms with Gasteiger partial charge in [0, 0.05) is 50.3 Å². The molecule has 142 valence electrons. The van der Waals surface area contributed by atoms with Gasteiger partial charge in [-0.25, -0.2) is 19.3 Å². The van der Waals surface area contributed by atoms with E-state index in [4.69, 9.17) is 0 Å². The lowest BCUT2D eigenvalue weighted by atomic mass is 10.2. The molecule has 0 saturated carbocycles. The number of amides is 1. The van der Waals surface area contributed by atoms with Crippen LogP contribution in [0.15, 0.2) is 61.1 Å². The van der Waals surface area contributed by atoms with Crippen LogP contribution < -0.4 is 15.1 Å². The van der Waals surface area contributed by atoms with E-state index in [0.29, 0.717) is 11.5 Å². The highest BCUT2D eigenvalue weighted by Gasteiger charge is 2.20. The molecular weight excluding hydrogens is 359 g/mol. The molecule has 0 unspecified atom stereocenters. The quantitative estimate of drug-likeness (QED) is 0.752. The van der Waals surface area contributed by atoms with Crippen LogP contribution in [0.2, 0.25) is 0 Å². The first kappa shape index (κ1) is 17.8. The average molecular weight is 378 g/mol. The monoisotopic (exact) mass is 378 g/mol. The predicted molar refractivity (Wildman–Crippen MR) is 105 cm³/mol. The Labute approximate surface area is 161 Å². The average Bonchev–Trinajstić information content (AvgIpc) is 2.76. The zero-order valence-electron chi connectivity index (χ0n) is 15.1. The largest absolute Gasteiger partial charge is 0.353 e. The van der Waals surface area contributed by atoms with Gasteiger partial charge in [0.2, 0.25) is 5.95 Å². The summed E-state index contributed by atoms with van der Waals surface area (Å²) >= 11 is 0. The van der Waals surface area contributed by atoms with Gasteiger partial charge >= 0.3 is 0 Å². The van der Waals surface area contributed by atoms with Crippen LogP contribution >= 0.6 is 0 Å². The van der Waals surface area contributed by atoms with Gasteiger partial charge in [0.1, 0.15) is 11.6 Å². The summed E-state index contributed by atoms with van der Waals surface area (Å²) in [5.74, 6) is 0.595. The van der Waals surface area contributed by atoms with Gasteiger partial charge in [0.15, 0.2) is 0 Å². The number of anilines is 3. The maximum atomic E-state index is 13.8. The summed E-state index contributed by atoms with van der Waals surface area (Å²) in [6.45, 7) is 3.00. The third kappa shape index (κ3) is 3.90. The molecule has 3 heterocycles. The summed E-state index contributed by atoms with van der Waals surface area (Å²) in [6, 6.07) is 11.2. The molecule has 1 fully saturated rings. The van der Waals surface area contributed by atoms with E-state index in [-0.39, 0.29) is 11.6 Å². The Morgan fingerprint density at radius 3 is 2.36 bits per heavy atom. The second-order valence-corrected chi connectivity index (χ2v) is 6.36. The van der Waals surface area contributed by atoms with E-state index < -0.39 is 5.82 Å². The Hall–Kier alpha value is -3.55. The van der Waals surface area contributed by atoms with Crippen LogP contribution in [-0.2, 0) is 0 Å². The number of pyridine rings is 1. The molecule has 1 amide bonds. The van der Waals surface area contributed by atoms with Crippen molar-refractivity contribution in [2.24, 2.45) is 0 Å². The van der Waals surface area contributed by atoms with E-state index in [0.717, 1.165) is 32.0 Å². The Morgan fingerprint density at radius 1 is 0.893 bits per heavy atom. The second-order valence-electron chi connectivity index (χ2n) is 6.36. The Kier molecular flexibility index (Phi) is 5.09. The van der Waals surface area contributed by atoms with Crippen molar-refractivity contribution in [2.75, 3.05) is 41.3 Å². The van der Waals surface area contributed by atoms with Gasteiger partial charge in [0.25, 0.3) is 5.91 Å². The van der Waals surface area contributed by atoms with Crippen molar-refractivity contribution in [2.45, 2.75) is 0 Å². The topological polar surface area (TPSA) is 74.2 Å². The first-order valence-electron chi connectivity index (χ1n) is 8.99. The van der Waals surface area contributed by atoms with E-state index in [1.807, 2.05) is 0 Å². The lowest BCUT2D eigenvalue weighted by Gasteiger charge is -2.35. The lowest BCUT2D eigenvalue weighted by molar-refractivity contribution is 0.102. The molecule has 1 saturated heterocycles. The van der Waals surface area contributed by atoms with Gasteiger partial charge in [-0.05, 0) is 30.3 Å².